The monoisotopic (exact) mass is 240 g/mol. The summed E-state index contributed by atoms with van der Waals surface area (Å²) in [6.45, 7) is 1.38. The molecular formula is C5H11F3O5S. The maximum absolute atomic E-state index is 10.7. The molecule has 0 amide bonds. The van der Waals surface area contributed by atoms with E-state index < -0.39 is 15.6 Å². The summed E-state index contributed by atoms with van der Waals surface area (Å²) in [5.41, 5.74) is -5.53. The Morgan fingerprint density at radius 1 is 1.14 bits per heavy atom. The van der Waals surface area contributed by atoms with E-state index in [1.807, 2.05) is 0 Å². The molecular weight excluding hydrogens is 229 g/mol. The number of hydrogen-bond donors (Lipinski definition) is 1. The van der Waals surface area contributed by atoms with Gasteiger partial charge in [-0.1, -0.05) is 0 Å². The van der Waals surface area contributed by atoms with E-state index in [1.165, 1.54) is 0 Å². The van der Waals surface area contributed by atoms with Gasteiger partial charge in [0.05, 0.1) is 13.2 Å². The Balaban J connectivity index is 0. The van der Waals surface area contributed by atoms with E-state index in [-0.39, 0.29) is 0 Å². The van der Waals surface area contributed by atoms with Crippen molar-refractivity contribution < 1.29 is 35.6 Å². The number of halogens is 3. The van der Waals surface area contributed by atoms with Crippen LogP contribution in [0.5, 0.6) is 0 Å². The zero-order valence-electron chi connectivity index (χ0n) is 7.54. The molecule has 9 heteroatoms. The summed E-state index contributed by atoms with van der Waals surface area (Å²) in [7, 11) is -2.54. The summed E-state index contributed by atoms with van der Waals surface area (Å²) in [6.07, 6.45) is 0. The second-order valence-electron chi connectivity index (χ2n) is 1.91. The van der Waals surface area contributed by atoms with E-state index in [4.69, 9.17) is 13.0 Å². The van der Waals surface area contributed by atoms with E-state index >= 15 is 0 Å². The van der Waals surface area contributed by atoms with Crippen molar-refractivity contribution in [2.24, 2.45) is 0 Å². The summed E-state index contributed by atoms with van der Waals surface area (Å²) in [4.78, 5) is 0. The average molecular weight is 240 g/mol. The lowest BCUT2D eigenvalue weighted by Gasteiger charge is -1.97. The highest BCUT2D eigenvalue weighted by Gasteiger charge is 2.44. The topological polar surface area (TPSA) is 72.8 Å². The molecule has 0 rings (SSSR count). The van der Waals surface area contributed by atoms with Crippen molar-refractivity contribution in [3.63, 3.8) is 0 Å². The molecule has 0 fully saturated rings. The minimum atomic E-state index is -5.84. The Hall–Kier alpha value is -0.380. The van der Waals surface area contributed by atoms with Crippen LogP contribution in [0, 0.1) is 0 Å². The van der Waals surface area contributed by atoms with Crippen molar-refractivity contribution in [1.82, 2.24) is 0 Å². The van der Waals surface area contributed by atoms with Crippen molar-refractivity contribution in [3.05, 3.63) is 0 Å². The van der Waals surface area contributed by atoms with Crippen molar-refractivity contribution in [2.75, 3.05) is 27.4 Å². The number of methoxy groups -OCH3 is 2. The lowest BCUT2D eigenvalue weighted by Crippen LogP contribution is -2.21. The first-order chi connectivity index (χ1) is 6.16. The van der Waals surface area contributed by atoms with Gasteiger partial charge in [0.15, 0.2) is 0 Å². The van der Waals surface area contributed by atoms with Crippen LogP contribution < -0.4 is 0 Å². The SMILES string of the molecule is COCCOC.O=S(=O)(O)C(F)(F)F. The van der Waals surface area contributed by atoms with Crippen LogP contribution in [0.1, 0.15) is 0 Å². The summed E-state index contributed by atoms with van der Waals surface area (Å²) in [5.74, 6) is 0. The van der Waals surface area contributed by atoms with E-state index in [0.717, 1.165) is 0 Å². The van der Waals surface area contributed by atoms with Crippen LogP contribution in [0.4, 0.5) is 13.2 Å². The minimum Gasteiger partial charge on any atom is -0.382 e. The molecule has 88 valence electrons. The van der Waals surface area contributed by atoms with Crippen LogP contribution in [0.15, 0.2) is 0 Å². The van der Waals surface area contributed by atoms with Gasteiger partial charge >= 0.3 is 15.6 Å². The quantitative estimate of drug-likeness (QED) is 0.446. The van der Waals surface area contributed by atoms with Crippen molar-refractivity contribution in [1.29, 1.82) is 0 Å². The summed E-state index contributed by atoms with van der Waals surface area (Å²) >= 11 is 0. The number of rotatable bonds is 3. The van der Waals surface area contributed by atoms with Crippen LogP contribution >= 0.6 is 0 Å². The Labute approximate surface area is 79.6 Å². The second kappa shape index (κ2) is 6.98. The molecule has 0 aromatic rings. The Morgan fingerprint density at radius 2 is 1.36 bits per heavy atom. The van der Waals surface area contributed by atoms with Crippen LogP contribution in [0.25, 0.3) is 0 Å². The highest BCUT2D eigenvalue weighted by atomic mass is 32.2. The fourth-order valence-corrected chi connectivity index (χ4v) is 0.167. The molecule has 5 nitrogen and oxygen atoms in total. The Kier molecular flexibility index (Phi) is 8.01. The molecule has 0 aromatic carbocycles. The molecule has 0 saturated heterocycles. The first kappa shape index (κ1) is 16.1. The first-order valence-electron chi connectivity index (χ1n) is 3.18. The summed E-state index contributed by atoms with van der Waals surface area (Å²) in [6, 6.07) is 0. The highest BCUT2D eigenvalue weighted by molar-refractivity contribution is 7.86. The van der Waals surface area contributed by atoms with Gasteiger partial charge in [0.25, 0.3) is 0 Å². The van der Waals surface area contributed by atoms with E-state index in [1.54, 1.807) is 14.2 Å². The number of hydrogen-bond acceptors (Lipinski definition) is 4. The lowest BCUT2D eigenvalue weighted by atomic mass is 10.8. The fourth-order valence-electron chi connectivity index (χ4n) is 0.167. The third-order valence-corrected chi connectivity index (χ3v) is 1.37. The van der Waals surface area contributed by atoms with E-state index in [9.17, 15) is 13.2 Å². The van der Waals surface area contributed by atoms with Crippen molar-refractivity contribution >= 4 is 10.1 Å². The summed E-state index contributed by atoms with van der Waals surface area (Å²) in [5, 5.41) is 0. The normalized spacial score (nSPS) is 11.9. The van der Waals surface area contributed by atoms with Crippen LogP contribution in [0.2, 0.25) is 0 Å². The van der Waals surface area contributed by atoms with E-state index in [0.29, 0.717) is 13.2 Å². The first-order valence-corrected chi connectivity index (χ1v) is 4.62. The van der Waals surface area contributed by atoms with Crippen LogP contribution in [-0.2, 0) is 19.6 Å². The third kappa shape index (κ3) is 9.71. The van der Waals surface area contributed by atoms with Gasteiger partial charge in [0.1, 0.15) is 0 Å². The zero-order valence-corrected chi connectivity index (χ0v) is 8.35. The lowest BCUT2D eigenvalue weighted by molar-refractivity contribution is -0.0510. The van der Waals surface area contributed by atoms with Gasteiger partial charge in [-0.05, 0) is 0 Å². The molecule has 0 aliphatic heterocycles. The predicted molar refractivity (Wildman–Crippen MR) is 41.4 cm³/mol. The molecule has 0 saturated carbocycles. The molecule has 0 radical (unpaired) electrons. The van der Waals surface area contributed by atoms with Gasteiger partial charge in [0.2, 0.25) is 0 Å². The fraction of sp³-hybridized carbons (Fsp3) is 1.00. The van der Waals surface area contributed by atoms with Crippen molar-refractivity contribution in [2.45, 2.75) is 5.51 Å². The zero-order chi connectivity index (χ0) is 11.8. The van der Waals surface area contributed by atoms with Crippen LogP contribution in [0.3, 0.4) is 0 Å². The molecule has 0 spiro atoms. The molecule has 0 heterocycles. The minimum absolute atomic E-state index is 0.691. The Bertz CT molecular complexity index is 218. The summed E-state index contributed by atoms with van der Waals surface area (Å²) < 4.78 is 66.9. The third-order valence-electron chi connectivity index (χ3n) is 0.784. The van der Waals surface area contributed by atoms with Gasteiger partial charge in [0, 0.05) is 14.2 Å². The number of alkyl halides is 3. The van der Waals surface area contributed by atoms with Crippen LogP contribution in [-0.4, -0.2) is 45.9 Å². The molecule has 0 atom stereocenters. The van der Waals surface area contributed by atoms with Gasteiger partial charge in [-0.25, -0.2) is 0 Å². The molecule has 14 heavy (non-hydrogen) atoms. The second-order valence-corrected chi connectivity index (χ2v) is 3.32. The molecule has 0 aliphatic rings. The van der Waals surface area contributed by atoms with E-state index in [2.05, 4.69) is 9.47 Å². The smallest absolute Gasteiger partial charge is 0.382 e. The van der Waals surface area contributed by atoms with Gasteiger partial charge in [-0.15, -0.1) is 0 Å². The molecule has 1 N–H and O–H groups in total. The number of ether oxygens (including phenoxy) is 2. The highest BCUT2D eigenvalue weighted by Crippen LogP contribution is 2.20. The standard InChI is InChI=1S/C4H10O2.CHF3O3S/c1-5-3-4-6-2;2-1(3,4)8(5,6)7/h3-4H2,1-2H3;(H,5,6,7). The maximum Gasteiger partial charge on any atom is 0.522 e. The molecule has 0 aliphatic carbocycles. The Morgan fingerprint density at radius 3 is 1.43 bits per heavy atom. The van der Waals surface area contributed by atoms with Gasteiger partial charge in [-0.3, -0.25) is 4.55 Å². The molecule has 0 unspecified atom stereocenters. The van der Waals surface area contributed by atoms with Crippen molar-refractivity contribution in [3.8, 4) is 0 Å². The van der Waals surface area contributed by atoms with Gasteiger partial charge in [-0.2, -0.15) is 21.6 Å². The maximum atomic E-state index is 10.7. The molecule has 0 bridgehead atoms. The largest absolute Gasteiger partial charge is 0.522 e. The predicted octanol–water partition coefficient (Wildman–Crippen LogP) is 0.673. The molecule has 0 aromatic heterocycles. The average Bonchev–Trinajstić information content (AvgIpc) is 1.98. The van der Waals surface area contributed by atoms with Gasteiger partial charge < -0.3 is 9.47 Å².